The average Bonchev–Trinajstić information content (AvgIpc) is 3.35. The molecule has 8 heteroatoms. The maximum Gasteiger partial charge on any atom is 0.261 e. The second-order valence-corrected chi connectivity index (χ2v) is 7.05. The van der Waals surface area contributed by atoms with Crippen LogP contribution >= 0.6 is 11.3 Å². The molecule has 3 rings (SSSR count). The van der Waals surface area contributed by atoms with Crippen LogP contribution in [0.4, 0.5) is 5.69 Å². The van der Waals surface area contributed by atoms with Crippen molar-refractivity contribution in [2.24, 2.45) is 5.92 Å². The number of hydrogen-bond donors (Lipinski definition) is 2. The first-order chi connectivity index (χ1) is 13.1. The molecule has 2 aromatic rings. The zero-order chi connectivity index (χ0) is 19.2. The third-order valence-electron chi connectivity index (χ3n) is 4.33. The number of carbonyl (C=O) groups excluding carboxylic acids is 3. The van der Waals surface area contributed by atoms with E-state index < -0.39 is 5.92 Å². The lowest BCUT2D eigenvalue weighted by atomic mass is 10.1. The van der Waals surface area contributed by atoms with Gasteiger partial charge >= 0.3 is 0 Å². The Morgan fingerprint density at radius 3 is 2.70 bits per heavy atom. The van der Waals surface area contributed by atoms with Crippen LogP contribution in [0.1, 0.15) is 16.1 Å². The molecule has 7 nitrogen and oxygen atoms in total. The number of para-hydroxylation sites is 2. The zero-order valence-electron chi connectivity index (χ0n) is 14.9. The molecule has 1 aliphatic rings. The first-order valence-electron chi connectivity index (χ1n) is 8.63. The number of nitrogens with one attached hydrogen (secondary N) is 2. The smallest absolute Gasteiger partial charge is 0.261 e. The maximum absolute atomic E-state index is 12.4. The number of ether oxygens (including phenoxy) is 1. The zero-order valence-corrected chi connectivity index (χ0v) is 15.8. The molecule has 1 aliphatic heterocycles. The van der Waals surface area contributed by atoms with Gasteiger partial charge in [-0.2, -0.15) is 0 Å². The van der Waals surface area contributed by atoms with E-state index in [1.54, 1.807) is 30.2 Å². The second-order valence-electron chi connectivity index (χ2n) is 6.10. The summed E-state index contributed by atoms with van der Waals surface area (Å²) >= 11 is 1.36. The summed E-state index contributed by atoms with van der Waals surface area (Å²) in [5.74, 6) is -0.270. The van der Waals surface area contributed by atoms with Crippen LogP contribution in [-0.4, -0.2) is 44.5 Å². The third kappa shape index (κ3) is 4.46. The highest BCUT2D eigenvalue weighted by Crippen LogP contribution is 2.32. The van der Waals surface area contributed by atoms with Crippen molar-refractivity contribution in [1.29, 1.82) is 0 Å². The van der Waals surface area contributed by atoms with Gasteiger partial charge in [-0.15, -0.1) is 11.3 Å². The number of hydrogen-bond acceptors (Lipinski definition) is 5. The number of carbonyl (C=O) groups is 3. The molecular weight excluding hydrogens is 366 g/mol. The standard InChI is InChI=1S/C19H21N3O4S/c1-26-15-6-3-2-5-14(15)22-12-13(11-17(22)23)18(24)20-8-9-21-19(25)16-7-4-10-27-16/h2-7,10,13H,8-9,11-12H2,1H3,(H,20,24)(H,21,25)/t13-/m0/s1. The molecule has 1 fully saturated rings. The van der Waals surface area contributed by atoms with Crippen molar-refractivity contribution in [3.8, 4) is 5.75 Å². The van der Waals surface area contributed by atoms with E-state index in [9.17, 15) is 14.4 Å². The van der Waals surface area contributed by atoms with Crippen LogP contribution < -0.4 is 20.3 Å². The fraction of sp³-hybridized carbons (Fsp3) is 0.316. The van der Waals surface area contributed by atoms with Crippen molar-refractivity contribution in [2.75, 3.05) is 31.6 Å². The molecule has 0 spiro atoms. The first-order valence-corrected chi connectivity index (χ1v) is 9.51. The Morgan fingerprint density at radius 2 is 1.96 bits per heavy atom. The van der Waals surface area contributed by atoms with E-state index in [0.29, 0.717) is 35.9 Å². The van der Waals surface area contributed by atoms with Crippen molar-refractivity contribution >= 4 is 34.7 Å². The topological polar surface area (TPSA) is 87.7 Å². The van der Waals surface area contributed by atoms with Gasteiger partial charge in [0.05, 0.1) is 23.6 Å². The fourth-order valence-electron chi connectivity index (χ4n) is 2.97. The van der Waals surface area contributed by atoms with Gasteiger partial charge in [-0.1, -0.05) is 18.2 Å². The summed E-state index contributed by atoms with van der Waals surface area (Å²) in [6, 6.07) is 10.8. The van der Waals surface area contributed by atoms with Crippen LogP contribution in [0.15, 0.2) is 41.8 Å². The van der Waals surface area contributed by atoms with Crippen LogP contribution in [0.3, 0.4) is 0 Å². The van der Waals surface area contributed by atoms with Gasteiger partial charge in [0.25, 0.3) is 5.91 Å². The van der Waals surface area contributed by atoms with Gasteiger partial charge in [0.2, 0.25) is 11.8 Å². The lowest BCUT2D eigenvalue weighted by Gasteiger charge is -2.19. The van der Waals surface area contributed by atoms with Crippen molar-refractivity contribution < 1.29 is 19.1 Å². The van der Waals surface area contributed by atoms with E-state index in [-0.39, 0.29) is 24.1 Å². The molecule has 1 saturated heterocycles. The molecule has 0 saturated carbocycles. The minimum atomic E-state index is -0.421. The van der Waals surface area contributed by atoms with Gasteiger partial charge in [-0.05, 0) is 23.6 Å². The highest BCUT2D eigenvalue weighted by Gasteiger charge is 2.36. The van der Waals surface area contributed by atoms with Crippen molar-refractivity contribution in [2.45, 2.75) is 6.42 Å². The number of nitrogens with zero attached hydrogens (tertiary/aromatic N) is 1. The number of thiophene rings is 1. The van der Waals surface area contributed by atoms with Gasteiger partial charge in [-0.3, -0.25) is 14.4 Å². The molecule has 0 bridgehead atoms. The van der Waals surface area contributed by atoms with Crippen LogP contribution in [0.5, 0.6) is 5.75 Å². The Kier molecular flexibility index (Phi) is 6.08. The van der Waals surface area contributed by atoms with Gasteiger partial charge in [0.1, 0.15) is 5.75 Å². The van der Waals surface area contributed by atoms with Crippen molar-refractivity contribution in [3.63, 3.8) is 0 Å². The second kappa shape index (κ2) is 8.68. The SMILES string of the molecule is COc1ccccc1N1C[C@@H](C(=O)NCCNC(=O)c2cccs2)CC1=O. The molecule has 3 amide bonds. The monoisotopic (exact) mass is 387 g/mol. The quantitative estimate of drug-likeness (QED) is 0.708. The summed E-state index contributed by atoms with van der Waals surface area (Å²) in [6.45, 7) is 0.960. The highest BCUT2D eigenvalue weighted by molar-refractivity contribution is 7.12. The first kappa shape index (κ1) is 18.9. The predicted octanol–water partition coefficient (Wildman–Crippen LogP) is 1.66. The Morgan fingerprint density at radius 1 is 1.19 bits per heavy atom. The summed E-state index contributed by atoms with van der Waals surface area (Å²) in [5, 5.41) is 7.37. The van der Waals surface area contributed by atoms with E-state index >= 15 is 0 Å². The molecule has 0 unspecified atom stereocenters. The molecular formula is C19H21N3O4S. The molecule has 1 aromatic carbocycles. The Bertz CT molecular complexity index is 822. The molecule has 1 atom stereocenters. The van der Waals surface area contributed by atoms with Crippen LogP contribution in [0.25, 0.3) is 0 Å². The molecule has 27 heavy (non-hydrogen) atoms. The van der Waals surface area contributed by atoms with E-state index in [1.807, 2.05) is 23.6 Å². The minimum Gasteiger partial charge on any atom is -0.495 e. The van der Waals surface area contributed by atoms with Gasteiger partial charge in [0.15, 0.2) is 0 Å². The highest BCUT2D eigenvalue weighted by atomic mass is 32.1. The Balaban J connectivity index is 1.48. The van der Waals surface area contributed by atoms with E-state index in [4.69, 9.17) is 4.74 Å². The Hall–Kier alpha value is -2.87. The van der Waals surface area contributed by atoms with Crippen LogP contribution in [0, 0.1) is 5.92 Å². The Labute approximate surface area is 161 Å². The minimum absolute atomic E-state index is 0.106. The molecule has 1 aromatic heterocycles. The summed E-state index contributed by atoms with van der Waals surface area (Å²) in [7, 11) is 1.55. The summed E-state index contributed by atoms with van der Waals surface area (Å²) in [4.78, 5) is 38.8. The summed E-state index contributed by atoms with van der Waals surface area (Å²) in [5.41, 5.74) is 0.670. The predicted molar refractivity (Wildman–Crippen MR) is 103 cm³/mol. The van der Waals surface area contributed by atoms with Gasteiger partial charge in [-0.25, -0.2) is 0 Å². The fourth-order valence-corrected chi connectivity index (χ4v) is 3.61. The number of anilines is 1. The van der Waals surface area contributed by atoms with E-state index in [1.165, 1.54) is 11.3 Å². The molecule has 2 N–H and O–H groups in total. The van der Waals surface area contributed by atoms with Crippen molar-refractivity contribution in [1.82, 2.24) is 10.6 Å². The molecule has 2 heterocycles. The van der Waals surface area contributed by atoms with E-state index in [2.05, 4.69) is 10.6 Å². The number of amides is 3. The summed E-state index contributed by atoms with van der Waals surface area (Å²) in [6.07, 6.45) is 0.158. The summed E-state index contributed by atoms with van der Waals surface area (Å²) < 4.78 is 5.30. The van der Waals surface area contributed by atoms with Crippen LogP contribution in [0.2, 0.25) is 0 Å². The largest absolute Gasteiger partial charge is 0.495 e. The number of rotatable bonds is 7. The lowest BCUT2D eigenvalue weighted by molar-refractivity contribution is -0.126. The molecule has 142 valence electrons. The van der Waals surface area contributed by atoms with Crippen molar-refractivity contribution in [3.05, 3.63) is 46.7 Å². The molecule has 0 radical (unpaired) electrons. The normalized spacial score (nSPS) is 16.3. The molecule has 0 aliphatic carbocycles. The average molecular weight is 387 g/mol. The number of benzene rings is 1. The maximum atomic E-state index is 12.4. The third-order valence-corrected chi connectivity index (χ3v) is 5.20. The lowest BCUT2D eigenvalue weighted by Crippen LogP contribution is -2.38. The van der Waals surface area contributed by atoms with E-state index in [0.717, 1.165) is 0 Å². The van der Waals surface area contributed by atoms with Crippen LogP contribution in [-0.2, 0) is 9.59 Å². The van der Waals surface area contributed by atoms with Gasteiger partial charge < -0.3 is 20.3 Å². The number of methoxy groups -OCH3 is 1. The van der Waals surface area contributed by atoms with Gasteiger partial charge in [0, 0.05) is 26.1 Å².